The minimum Gasteiger partial charge on any atom is -0.390 e. The molecule has 0 aliphatic carbocycles. The van der Waals surface area contributed by atoms with E-state index < -0.39 is 15.9 Å². The summed E-state index contributed by atoms with van der Waals surface area (Å²) < 4.78 is 25.6. The molecule has 0 radical (unpaired) electrons. The van der Waals surface area contributed by atoms with Gasteiger partial charge in [-0.2, -0.15) is 0 Å². The highest BCUT2D eigenvalue weighted by molar-refractivity contribution is 7.89. The second kappa shape index (κ2) is 7.12. The molecule has 0 spiro atoms. The fraction of sp³-hybridized carbons (Fsp3) is 0.143. The van der Waals surface area contributed by atoms with E-state index in [1.165, 1.54) is 18.3 Å². The summed E-state index contributed by atoms with van der Waals surface area (Å²) >= 11 is 0. The minimum absolute atomic E-state index is 0.0544. The number of hydrogen-bond donors (Lipinski definition) is 3. The lowest BCUT2D eigenvalue weighted by Crippen LogP contribution is -2.43. The number of carbonyl (C=O) groups excluding carboxylic acids is 1. The van der Waals surface area contributed by atoms with Crippen molar-refractivity contribution in [2.75, 3.05) is 6.61 Å². The van der Waals surface area contributed by atoms with E-state index in [4.69, 9.17) is 5.11 Å². The Morgan fingerprint density at radius 3 is 2.55 bits per heavy atom. The molecule has 1 heterocycles. The van der Waals surface area contributed by atoms with Crippen LogP contribution >= 0.6 is 0 Å². The molecule has 0 fully saturated rings. The molecule has 0 atom stereocenters. The van der Waals surface area contributed by atoms with Crippen molar-refractivity contribution in [2.24, 2.45) is 0 Å². The number of nitrogens with one attached hydrogen (secondary N) is 2. The summed E-state index contributed by atoms with van der Waals surface area (Å²) in [6.07, 6.45) is 3.21. The first-order valence-electron chi connectivity index (χ1n) is 6.50. The highest BCUT2D eigenvalue weighted by Crippen LogP contribution is 2.06. The van der Waals surface area contributed by atoms with E-state index in [9.17, 15) is 13.2 Å². The van der Waals surface area contributed by atoms with Crippen LogP contribution in [-0.4, -0.2) is 26.0 Å². The molecule has 8 heteroatoms. The SMILES string of the molecule is O=C(NNS(=O)(=O)c1ccccc1)c1ccc[n+](CCO)c1. The van der Waals surface area contributed by atoms with E-state index in [0.29, 0.717) is 6.54 Å². The molecule has 22 heavy (non-hydrogen) atoms. The van der Waals surface area contributed by atoms with Crippen molar-refractivity contribution in [3.8, 4) is 0 Å². The molecular formula is C14H16N3O4S+. The Labute approximate surface area is 128 Å². The number of rotatable bonds is 6. The van der Waals surface area contributed by atoms with Crippen molar-refractivity contribution in [1.82, 2.24) is 10.3 Å². The number of sulfonamides is 1. The Kier molecular flexibility index (Phi) is 5.21. The largest absolute Gasteiger partial charge is 0.390 e. The number of aliphatic hydroxyl groups is 1. The fourth-order valence-corrected chi connectivity index (χ4v) is 2.62. The van der Waals surface area contributed by atoms with Crippen molar-refractivity contribution in [2.45, 2.75) is 11.4 Å². The van der Waals surface area contributed by atoms with Crippen LogP contribution in [0.15, 0.2) is 59.8 Å². The molecule has 0 saturated carbocycles. The van der Waals surface area contributed by atoms with Crippen LogP contribution in [0.3, 0.4) is 0 Å². The molecule has 7 nitrogen and oxygen atoms in total. The van der Waals surface area contributed by atoms with Gasteiger partial charge in [0.25, 0.3) is 15.9 Å². The molecular weight excluding hydrogens is 306 g/mol. The first-order chi connectivity index (χ1) is 10.5. The maximum Gasteiger partial charge on any atom is 0.272 e. The van der Waals surface area contributed by atoms with Crippen LogP contribution in [0.5, 0.6) is 0 Å². The molecule has 0 aliphatic heterocycles. The summed E-state index contributed by atoms with van der Waals surface area (Å²) in [6.45, 7) is 0.285. The lowest BCUT2D eigenvalue weighted by atomic mass is 10.3. The van der Waals surface area contributed by atoms with Crippen LogP contribution in [0.2, 0.25) is 0 Å². The number of carbonyl (C=O) groups is 1. The molecule has 0 aliphatic rings. The van der Waals surface area contributed by atoms with Gasteiger partial charge in [-0.25, -0.2) is 13.0 Å². The van der Waals surface area contributed by atoms with Crippen molar-refractivity contribution in [3.05, 3.63) is 60.4 Å². The number of aromatic nitrogens is 1. The van der Waals surface area contributed by atoms with E-state index >= 15 is 0 Å². The van der Waals surface area contributed by atoms with Gasteiger partial charge in [0.1, 0.15) is 12.2 Å². The summed E-state index contributed by atoms with van der Waals surface area (Å²) in [6, 6.07) is 10.9. The lowest BCUT2D eigenvalue weighted by molar-refractivity contribution is -0.698. The van der Waals surface area contributed by atoms with Crippen LogP contribution in [0, 0.1) is 0 Å². The molecule has 0 unspecified atom stereocenters. The second-order valence-corrected chi connectivity index (χ2v) is 6.11. The monoisotopic (exact) mass is 322 g/mol. The van der Waals surface area contributed by atoms with Gasteiger partial charge in [0.05, 0.1) is 4.90 Å². The maximum atomic E-state index is 12.0. The van der Waals surface area contributed by atoms with Crippen molar-refractivity contribution in [1.29, 1.82) is 0 Å². The number of benzene rings is 1. The zero-order chi connectivity index (χ0) is 16.0. The third-order valence-electron chi connectivity index (χ3n) is 2.83. The van der Waals surface area contributed by atoms with Gasteiger partial charge in [-0.3, -0.25) is 10.2 Å². The molecule has 3 N–H and O–H groups in total. The quantitative estimate of drug-likeness (QED) is 0.497. The standard InChI is InChI=1S/C14H15N3O4S/c18-10-9-17-8-4-5-12(11-17)14(19)15-16-22(20,21)13-6-2-1-3-7-13/h1-8,11,16,18H,9-10H2/p+1. The molecule has 0 bridgehead atoms. The van der Waals surface area contributed by atoms with E-state index in [2.05, 4.69) is 5.43 Å². The van der Waals surface area contributed by atoms with Gasteiger partial charge >= 0.3 is 0 Å². The third kappa shape index (κ3) is 4.10. The molecule has 116 valence electrons. The fourth-order valence-electron chi connectivity index (χ4n) is 1.76. The number of pyridine rings is 1. The van der Waals surface area contributed by atoms with Gasteiger partial charge in [-0.1, -0.05) is 18.2 Å². The molecule has 2 rings (SSSR count). The van der Waals surface area contributed by atoms with Crippen LogP contribution in [-0.2, 0) is 16.6 Å². The number of nitrogens with zero attached hydrogens (tertiary/aromatic N) is 1. The molecule has 1 aromatic carbocycles. The summed E-state index contributed by atoms with van der Waals surface area (Å²) in [5.74, 6) is -0.591. The lowest BCUT2D eigenvalue weighted by Gasteiger charge is -2.07. The van der Waals surface area contributed by atoms with E-state index in [0.717, 1.165) is 0 Å². The molecule has 1 amide bonds. The predicted molar refractivity (Wildman–Crippen MR) is 78.0 cm³/mol. The minimum atomic E-state index is -3.81. The molecule has 1 aromatic heterocycles. The van der Waals surface area contributed by atoms with Gasteiger partial charge < -0.3 is 5.11 Å². The van der Waals surface area contributed by atoms with Gasteiger partial charge in [-0.05, 0) is 18.2 Å². The zero-order valence-corrected chi connectivity index (χ0v) is 12.5. The third-order valence-corrected chi connectivity index (χ3v) is 4.09. The van der Waals surface area contributed by atoms with Crippen LogP contribution in [0.1, 0.15) is 10.4 Å². The number of aliphatic hydroxyl groups excluding tert-OH is 1. The van der Waals surface area contributed by atoms with Crippen molar-refractivity contribution >= 4 is 15.9 Å². The maximum absolute atomic E-state index is 12.0. The van der Waals surface area contributed by atoms with Gasteiger partial charge in [0.2, 0.25) is 0 Å². The average molecular weight is 322 g/mol. The number of hydrogen-bond acceptors (Lipinski definition) is 4. The van der Waals surface area contributed by atoms with Gasteiger partial charge in [0.15, 0.2) is 18.9 Å². The Morgan fingerprint density at radius 2 is 1.86 bits per heavy atom. The van der Waals surface area contributed by atoms with Crippen molar-refractivity contribution in [3.63, 3.8) is 0 Å². The summed E-state index contributed by atoms with van der Waals surface area (Å²) in [5.41, 5.74) is 2.42. The summed E-state index contributed by atoms with van der Waals surface area (Å²) in [7, 11) is -3.81. The highest BCUT2D eigenvalue weighted by atomic mass is 32.2. The first-order valence-corrected chi connectivity index (χ1v) is 7.98. The topological polar surface area (TPSA) is 99.4 Å². The normalized spacial score (nSPS) is 11.1. The molecule has 2 aromatic rings. The molecule has 0 saturated heterocycles. The smallest absolute Gasteiger partial charge is 0.272 e. The van der Waals surface area contributed by atoms with E-state index in [1.54, 1.807) is 41.1 Å². The summed E-state index contributed by atoms with van der Waals surface area (Å²) in [5, 5.41) is 8.87. The summed E-state index contributed by atoms with van der Waals surface area (Å²) in [4.78, 5) is 14.1. The van der Waals surface area contributed by atoms with Crippen molar-refractivity contribution < 1.29 is 22.9 Å². The van der Waals surface area contributed by atoms with E-state index in [-0.39, 0.29) is 17.1 Å². The highest BCUT2D eigenvalue weighted by Gasteiger charge is 2.16. The van der Waals surface area contributed by atoms with Gasteiger partial charge in [-0.15, -0.1) is 4.83 Å². The Bertz CT molecular complexity index is 748. The van der Waals surface area contributed by atoms with Crippen LogP contribution < -0.4 is 14.8 Å². The predicted octanol–water partition coefficient (Wildman–Crippen LogP) is -0.410. The van der Waals surface area contributed by atoms with Crippen LogP contribution in [0.25, 0.3) is 0 Å². The Hall–Kier alpha value is -2.29. The second-order valence-electron chi connectivity index (χ2n) is 4.43. The first kappa shape index (κ1) is 16.1. The Balaban J connectivity index is 2.05. The average Bonchev–Trinajstić information content (AvgIpc) is 2.54. The van der Waals surface area contributed by atoms with E-state index in [1.807, 2.05) is 4.83 Å². The zero-order valence-electron chi connectivity index (χ0n) is 11.6. The van der Waals surface area contributed by atoms with Gasteiger partial charge in [0, 0.05) is 6.07 Å². The number of hydrazine groups is 1. The number of amides is 1. The van der Waals surface area contributed by atoms with Crippen LogP contribution in [0.4, 0.5) is 0 Å². The Morgan fingerprint density at radius 1 is 1.14 bits per heavy atom.